The lowest BCUT2D eigenvalue weighted by Gasteiger charge is -1.90. The van der Waals surface area contributed by atoms with Gasteiger partial charge < -0.3 is 5.11 Å². The molecule has 0 saturated heterocycles. The molecule has 0 aromatic carbocycles. The fourth-order valence-corrected chi connectivity index (χ4v) is 1.16. The van der Waals surface area contributed by atoms with Gasteiger partial charge in [0, 0.05) is 6.20 Å². The molecule has 12 heavy (non-hydrogen) atoms. The van der Waals surface area contributed by atoms with Crippen molar-refractivity contribution in [2.24, 2.45) is 0 Å². The summed E-state index contributed by atoms with van der Waals surface area (Å²) in [4.78, 5) is 4.02. The first-order valence-corrected chi connectivity index (χ1v) is 3.75. The molecule has 2 heterocycles. The minimum atomic E-state index is -0.140. The quantitative estimate of drug-likeness (QED) is 0.622. The fraction of sp³-hybridized carbons (Fsp3) is 0.167. The summed E-state index contributed by atoms with van der Waals surface area (Å²) in [5, 5.41) is 15.3. The van der Waals surface area contributed by atoms with Crippen molar-refractivity contribution in [3.05, 3.63) is 22.6 Å². The Bertz CT molecular complexity index is 460. The van der Waals surface area contributed by atoms with Gasteiger partial charge in [-0.3, -0.25) is 0 Å². The van der Waals surface area contributed by atoms with Crippen molar-refractivity contribution in [1.29, 1.82) is 0 Å². The Balaban J connectivity index is 2.89. The van der Waals surface area contributed by atoms with Gasteiger partial charge in [0.2, 0.25) is 0 Å². The number of aliphatic hydroxyl groups excluding tert-OH is 1. The van der Waals surface area contributed by atoms with E-state index in [1.165, 1.54) is 0 Å². The van der Waals surface area contributed by atoms with E-state index in [4.69, 9.17) is 17.3 Å². The molecule has 2 rings (SSSR count). The molecule has 0 radical (unpaired) electrons. The molecule has 2 N–H and O–H groups in total. The SMILES string of the molecule is OCc1n[nH]n2c(=S)ccnc12. The van der Waals surface area contributed by atoms with Crippen LogP contribution in [0.3, 0.4) is 0 Å². The molecule has 0 atom stereocenters. The maximum absolute atomic E-state index is 8.85. The topological polar surface area (TPSA) is 66.2 Å². The number of hydrogen-bond donors (Lipinski definition) is 2. The van der Waals surface area contributed by atoms with E-state index in [0.717, 1.165) is 0 Å². The molecule has 62 valence electrons. The highest BCUT2D eigenvalue weighted by Gasteiger charge is 2.03. The first-order chi connectivity index (χ1) is 5.83. The minimum absolute atomic E-state index is 0.140. The molecule has 0 bridgehead atoms. The molecule has 0 unspecified atom stereocenters. The second-order valence-corrected chi connectivity index (χ2v) is 2.68. The third-order valence-corrected chi connectivity index (χ3v) is 1.86. The van der Waals surface area contributed by atoms with Gasteiger partial charge in [-0.05, 0) is 6.07 Å². The van der Waals surface area contributed by atoms with Crippen LogP contribution in [0, 0.1) is 4.64 Å². The summed E-state index contributed by atoms with van der Waals surface area (Å²) in [5.74, 6) is 0. The number of aliphatic hydroxyl groups is 1. The van der Waals surface area contributed by atoms with Crippen molar-refractivity contribution in [3.63, 3.8) is 0 Å². The molecular weight excluding hydrogens is 176 g/mol. The standard InChI is InChI=1S/C6H6N4OS/c11-3-4-6-7-2-1-5(12)10(6)9-8-4/h1-2,9,11H,3H2. The molecule has 0 aliphatic rings. The van der Waals surface area contributed by atoms with Crippen molar-refractivity contribution >= 4 is 17.9 Å². The third kappa shape index (κ3) is 0.926. The highest BCUT2D eigenvalue weighted by Crippen LogP contribution is 2.03. The number of rotatable bonds is 1. The first-order valence-electron chi connectivity index (χ1n) is 3.35. The van der Waals surface area contributed by atoms with Crippen LogP contribution in [0.15, 0.2) is 12.3 Å². The number of aromatic nitrogens is 4. The fourth-order valence-electron chi connectivity index (χ4n) is 0.975. The van der Waals surface area contributed by atoms with E-state index in [2.05, 4.69) is 15.3 Å². The van der Waals surface area contributed by atoms with Crippen LogP contribution in [0.1, 0.15) is 5.69 Å². The number of fused-ring (bicyclic) bond motifs is 1. The van der Waals surface area contributed by atoms with Gasteiger partial charge in [-0.25, -0.2) is 14.7 Å². The van der Waals surface area contributed by atoms with E-state index < -0.39 is 0 Å². The molecule has 2 aromatic heterocycles. The maximum Gasteiger partial charge on any atom is 0.180 e. The van der Waals surface area contributed by atoms with Crippen LogP contribution in [0.5, 0.6) is 0 Å². The molecule has 0 spiro atoms. The Hall–Kier alpha value is -1.27. The highest BCUT2D eigenvalue weighted by atomic mass is 32.1. The van der Waals surface area contributed by atoms with Gasteiger partial charge in [0.05, 0.1) is 6.61 Å². The lowest BCUT2D eigenvalue weighted by atomic mass is 10.5. The summed E-state index contributed by atoms with van der Waals surface area (Å²) in [6.07, 6.45) is 1.59. The lowest BCUT2D eigenvalue weighted by molar-refractivity contribution is 0.278. The molecule has 2 aromatic rings. The molecule has 6 heteroatoms. The number of hydrogen-bond acceptors (Lipinski definition) is 4. The molecule has 0 amide bonds. The van der Waals surface area contributed by atoms with Gasteiger partial charge in [0.15, 0.2) is 5.65 Å². The monoisotopic (exact) mass is 182 g/mol. The van der Waals surface area contributed by atoms with Crippen molar-refractivity contribution < 1.29 is 5.11 Å². The average molecular weight is 182 g/mol. The van der Waals surface area contributed by atoms with Crippen molar-refractivity contribution in [1.82, 2.24) is 19.8 Å². The first kappa shape index (κ1) is 7.38. The molecule has 0 aliphatic carbocycles. The summed E-state index contributed by atoms with van der Waals surface area (Å²) >= 11 is 4.99. The third-order valence-electron chi connectivity index (χ3n) is 1.54. The van der Waals surface area contributed by atoms with Crippen LogP contribution >= 0.6 is 12.2 Å². The summed E-state index contributed by atoms with van der Waals surface area (Å²) in [7, 11) is 0. The number of aromatic amines is 1. The van der Waals surface area contributed by atoms with Crippen LogP contribution in [0.2, 0.25) is 0 Å². The highest BCUT2D eigenvalue weighted by molar-refractivity contribution is 7.71. The van der Waals surface area contributed by atoms with E-state index in [0.29, 0.717) is 16.0 Å². The molecule has 0 fully saturated rings. The van der Waals surface area contributed by atoms with Gasteiger partial charge in [-0.1, -0.05) is 12.2 Å². The molecule has 0 aliphatic heterocycles. The Morgan fingerprint density at radius 3 is 3.25 bits per heavy atom. The van der Waals surface area contributed by atoms with Gasteiger partial charge in [0.1, 0.15) is 10.3 Å². The summed E-state index contributed by atoms with van der Waals surface area (Å²) in [6.45, 7) is -0.140. The number of nitrogens with zero attached hydrogens (tertiary/aromatic N) is 3. The number of H-pyrrole nitrogens is 1. The summed E-state index contributed by atoms with van der Waals surface area (Å²) < 4.78 is 2.13. The smallest absolute Gasteiger partial charge is 0.180 e. The normalized spacial score (nSPS) is 10.8. The Labute approximate surface area is 72.7 Å². The van der Waals surface area contributed by atoms with Crippen LogP contribution in [-0.4, -0.2) is 24.9 Å². The zero-order valence-corrected chi connectivity index (χ0v) is 6.88. The van der Waals surface area contributed by atoms with Crippen LogP contribution in [0.25, 0.3) is 5.65 Å². The zero-order chi connectivity index (χ0) is 8.55. The molecular formula is C6H6N4OS. The molecule has 5 nitrogen and oxygen atoms in total. The number of nitrogens with one attached hydrogen (secondary N) is 1. The van der Waals surface area contributed by atoms with Gasteiger partial charge in [-0.15, -0.1) is 0 Å². The van der Waals surface area contributed by atoms with Gasteiger partial charge >= 0.3 is 0 Å². The Kier molecular flexibility index (Phi) is 1.63. The van der Waals surface area contributed by atoms with E-state index in [-0.39, 0.29) is 6.61 Å². The predicted molar refractivity (Wildman–Crippen MR) is 44.1 cm³/mol. The Morgan fingerprint density at radius 1 is 1.67 bits per heavy atom. The van der Waals surface area contributed by atoms with Crippen LogP contribution in [0.4, 0.5) is 0 Å². The predicted octanol–water partition coefficient (Wildman–Crippen LogP) is 0.279. The second kappa shape index (κ2) is 2.65. The molecule has 0 saturated carbocycles. The van der Waals surface area contributed by atoms with Crippen molar-refractivity contribution in [2.75, 3.05) is 0 Å². The van der Waals surface area contributed by atoms with Gasteiger partial charge in [-0.2, -0.15) is 5.10 Å². The van der Waals surface area contributed by atoms with E-state index >= 15 is 0 Å². The van der Waals surface area contributed by atoms with Crippen molar-refractivity contribution in [3.8, 4) is 0 Å². The zero-order valence-electron chi connectivity index (χ0n) is 6.06. The lowest BCUT2D eigenvalue weighted by Crippen LogP contribution is -1.91. The van der Waals surface area contributed by atoms with E-state index in [1.54, 1.807) is 16.8 Å². The minimum Gasteiger partial charge on any atom is -0.390 e. The Morgan fingerprint density at radius 2 is 2.50 bits per heavy atom. The van der Waals surface area contributed by atoms with Crippen molar-refractivity contribution in [2.45, 2.75) is 6.61 Å². The summed E-state index contributed by atoms with van der Waals surface area (Å²) in [5.41, 5.74) is 1.08. The van der Waals surface area contributed by atoms with Gasteiger partial charge in [0.25, 0.3) is 0 Å². The van der Waals surface area contributed by atoms with Crippen LogP contribution in [-0.2, 0) is 6.61 Å². The van der Waals surface area contributed by atoms with E-state index in [1.807, 2.05) is 0 Å². The average Bonchev–Trinajstić information content (AvgIpc) is 2.49. The maximum atomic E-state index is 8.85. The largest absolute Gasteiger partial charge is 0.390 e. The second-order valence-electron chi connectivity index (χ2n) is 2.26. The summed E-state index contributed by atoms with van der Waals surface area (Å²) in [6, 6.07) is 1.68. The van der Waals surface area contributed by atoms with E-state index in [9.17, 15) is 0 Å². The van der Waals surface area contributed by atoms with Crippen LogP contribution < -0.4 is 0 Å².